The van der Waals surface area contributed by atoms with E-state index in [1.165, 1.54) is 11.1 Å². The lowest BCUT2D eigenvalue weighted by Crippen LogP contribution is -2.35. The molecule has 0 aromatic heterocycles. The van der Waals surface area contributed by atoms with Crippen molar-refractivity contribution in [3.8, 4) is 0 Å². The van der Waals surface area contributed by atoms with Gasteiger partial charge in [0.1, 0.15) is 0 Å². The highest BCUT2D eigenvalue weighted by atomic mass is 16.3. The van der Waals surface area contributed by atoms with Crippen molar-refractivity contribution >= 4 is 5.96 Å². The third kappa shape index (κ3) is 6.49. The third-order valence-electron chi connectivity index (χ3n) is 4.52. The summed E-state index contributed by atoms with van der Waals surface area (Å²) in [5, 5.41) is 12.8. The monoisotopic (exact) mass is 332 g/mol. The summed E-state index contributed by atoms with van der Waals surface area (Å²) in [4.78, 5) is 6.88. The lowest BCUT2D eigenvalue weighted by atomic mass is 10.0. The van der Waals surface area contributed by atoms with Gasteiger partial charge in [-0.15, -0.1) is 0 Å². The number of benzene rings is 1. The van der Waals surface area contributed by atoms with Crippen LogP contribution in [0.5, 0.6) is 0 Å². The predicted molar refractivity (Wildman–Crippen MR) is 99.7 cm³/mol. The van der Waals surface area contributed by atoms with Gasteiger partial charge in [0.15, 0.2) is 5.96 Å². The fraction of sp³-hybridized carbons (Fsp3) is 0.632. The molecule has 0 atom stereocenters. The molecule has 1 heterocycles. The molecule has 1 aromatic carbocycles. The van der Waals surface area contributed by atoms with Crippen molar-refractivity contribution in [2.75, 3.05) is 19.6 Å². The minimum atomic E-state index is -0.127. The van der Waals surface area contributed by atoms with E-state index in [2.05, 4.69) is 53.3 Å². The number of aliphatic hydroxyl groups excluding tert-OH is 1. The highest BCUT2D eigenvalue weighted by molar-refractivity contribution is 5.77. The number of piperidine rings is 1. The summed E-state index contributed by atoms with van der Waals surface area (Å²) in [7, 11) is 0. The summed E-state index contributed by atoms with van der Waals surface area (Å²) in [5.74, 6) is 1.18. The molecule has 0 amide bonds. The van der Waals surface area contributed by atoms with E-state index in [4.69, 9.17) is 5.73 Å². The molecule has 1 fully saturated rings. The SMILES string of the molecule is CC(C)CCNC(N)=NCc1ccccc1CN1CCC(O)CC1. The van der Waals surface area contributed by atoms with Gasteiger partial charge in [-0.05, 0) is 36.3 Å². The number of rotatable bonds is 7. The maximum Gasteiger partial charge on any atom is 0.188 e. The molecule has 1 saturated heterocycles. The average Bonchev–Trinajstić information content (AvgIpc) is 2.56. The molecule has 24 heavy (non-hydrogen) atoms. The van der Waals surface area contributed by atoms with E-state index in [9.17, 15) is 5.11 Å². The van der Waals surface area contributed by atoms with Crippen LogP contribution in [0.25, 0.3) is 0 Å². The number of hydrogen-bond acceptors (Lipinski definition) is 3. The molecule has 0 spiro atoms. The number of aliphatic hydroxyl groups is 1. The van der Waals surface area contributed by atoms with Crippen molar-refractivity contribution in [3.05, 3.63) is 35.4 Å². The topological polar surface area (TPSA) is 73.9 Å². The molecule has 1 aliphatic rings. The van der Waals surface area contributed by atoms with Crippen molar-refractivity contribution in [1.82, 2.24) is 10.2 Å². The summed E-state index contributed by atoms with van der Waals surface area (Å²) in [5.41, 5.74) is 8.48. The first kappa shape index (κ1) is 18.7. The second kappa shape index (κ2) is 9.64. The number of nitrogens with one attached hydrogen (secondary N) is 1. The van der Waals surface area contributed by atoms with Gasteiger partial charge in [0.25, 0.3) is 0 Å². The number of hydrogen-bond donors (Lipinski definition) is 3. The fourth-order valence-corrected chi connectivity index (χ4v) is 2.90. The highest BCUT2D eigenvalue weighted by Crippen LogP contribution is 2.17. The molecular weight excluding hydrogens is 300 g/mol. The number of aliphatic imine (C=N–C) groups is 1. The molecule has 5 nitrogen and oxygen atoms in total. The fourth-order valence-electron chi connectivity index (χ4n) is 2.90. The second-order valence-electron chi connectivity index (χ2n) is 7.09. The van der Waals surface area contributed by atoms with Crippen LogP contribution in [0.4, 0.5) is 0 Å². The van der Waals surface area contributed by atoms with Crippen LogP contribution in [-0.4, -0.2) is 41.7 Å². The molecule has 0 bridgehead atoms. The molecule has 4 N–H and O–H groups in total. The van der Waals surface area contributed by atoms with E-state index in [0.717, 1.165) is 45.4 Å². The average molecular weight is 332 g/mol. The van der Waals surface area contributed by atoms with Crippen LogP contribution in [-0.2, 0) is 13.1 Å². The molecule has 0 aliphatic carbocycles. The molecule has 0 saturated carbocycles. The summed E-state index contributed by atoms with van der Waals surface area (Å²) in [6.45, 7) is 8.70. The number of nitrogens with two attached hydrogens (primary N) is 1. The zero-order valence-corrected chi connectivity index (χ0v) is 15.0. The van der Waals surface area contributed by atoms with Gasteiger partial charge in [0.05, 0.1) is 12.6 Å². The lowest BCUT2D eigenvalue weighted by Gasteiger charge is -2.30. The zero-order chi connectivity index (χ0) is 17.4. The summed E-state index contributed by atoms with van der Waals surface area (Å²) >= 11 is 0. The quantitative estimate of drug-likeness (QED) is 0.528. The minimum Gasteiger partial charge on any atom is -0.393 e. The molecule has 134 valence electrons. The van der Waals surface area contributed by atoms with Crippen LogP contribution in [0.15, 0.2) is 29.3 Å². The van der Waals surface area contributed by atoms with E-state index in [-0.39, 0.29) is 6.10 Å². The Labute approximate surface area is 146 Å². The summed E-state index contributed by atoms with van der Waals surface area (Å²) in [6.07, 6.45) is 2.70. The Bertz CT molecular complexity index is 522. The number of guanidine groups is 1. The molecule has 0 radical (unpaired) electrons. The van der Waals surface area contributed by atoms with Crippen LogP contribution in [0.2, 0.25) is 0 Å². The maximum atomic E-state index is 9.63. The molecule has 1 aliphatic heterocycles. The van der Waals surface area contributed by atoms with Crippen LogP contribution >= 0.6 is 0 Å². The third-order valence-corrected chi connectivity index (χ3v) is 4.52. The Kier molecular flexibility index (Phi) is 7.53. The Morgan fingerprint density at radius 3 is 2.62 bits per heavy atom. The van der Waals surface area contributed by atoms with Crippen LogP contribution in [0, 0.1) is 5.92 Å². The van der Waals surface area contributed by atoms with Crippen molar-refractivity contribution in [2.24, 2.45) is 16.6 Å². The minimum absolute atomic E-state index is 0.127. The normalized spacial score (nSPS) is 17.4. The van der Waals surface area contributed by atoms with Gasteiger partial charge in [0, 0.05) is 26.2 Å². The molecule has 2 rings (SSSR count). The van der Waals surface area contributed by atoms with Gasteiger partial charge in [0.2, 0.25) is 0 Å². The van der Waals surface area contributed by atoms with Crippen LogP contribution < -0.4 is 11.1 Å². The Hall–Kier alpha value is -1.59. The van der Waals surface area contributed by atoms with Gasteiger partial charge < -0.3 is 16.2 Å². The first-order chi connectivity index (χ1) is 11.5. The first-order valence-electron chi connectivity index (χ1n) is 9.05. The van der Waals surface area contributed by atoms with E-state index in [0.29, 0.717) is 18.4 Å². The van der Waals surface area contributed by atoms with Gasteiger partial charge >= 0.3 is 0 Å². The Morgan fingerprint density at radius 1 is 1.29 bits per heavy atom. The van der Waals surface area contributed by atoms with E-state index in [1.807, 2.05) is 0 Å². The standard InChI is InChI=1S/C19H32N4O/c1-15(2)7-10-21-19(20)22-13-16-5-3-4-6-17(16)14-23-11-8-18(24)9-12-23/h3-6,15,18,24H,7-14H2,1-2H3,(H3,20,21,22). The van der Waals surface area contributed by atoms with Crippen molar-refractivity contribution < 1.29 is 5.11 Å². The number of likely N-dealkylation sites (tertiary alicyclic amines) is 1. The zero-order valence-electron chi connectivity index (χ0n) is 15.0. The van der Waals surface area contributed by atoms with Crippen molar-refractivity contribution in [1.29, 1.82) is 0 Å². The van der Waals surface area contributed by atoms with E-state index < -0.39 is 0 Å². The molecule has 0 unspecified atom stereocenters. The number of nitrogens with zero attached hydrogens (tertiary/aromatic N) is 2. The first-order valence-corrected chi connectivity index (χ1v) is 9.05. The second-order valence-corrected chi connectivity index (χ2v) is 7.09. The van der Waals surface area contributed by atoms with Gasteiger partial charge in [-0.1, -0.05) is 38.1 Å². The van der Waals surface area contributed by atoms with Crippen LogP contribution in [0.3, 0.4) is 0 Å². The van der Waals surface area contributed by atoms with Gasteiger partial charge in [-0.2, -0.15) is 0 Å². The van der Waals surface area contributed by atoms with Crippen LogP contribution in [0.1, 0.15) is 44.2 Å². The molecule has 1 aromatic rings. The maximum absolute atomic E-state index is 9.63. The summed E-state index contributed by atoms with van der Waals surface area (Å²) < 4.78 is 0. The lowest BCUT2D eigenvalue weighted by molar-refractivity contribution is 0.0791. The molecule has 5 heteroatoms. The van der Waals surface area contributed by atoms with Gasteiger partial charge in [-0.3, -0.25) is 4.90 Å². The van der Waals surface area contributed by atoms with Crippen molar-refractivity contribution in [3.63, 3.8) is 0 Å². The van der Waals surface area contributed by atoms with Crippen molar-refractivity contribution in [2.45, 2.75) is 52.3 Å². The predicted octanol–water partition coefficient (Wildman–Crippen LogP) is 2.09. The van der Waals surface area contributed by atoms with Gasteiger partial charge in [-0.25, -0.2) is 4.99 Å². The highest BCUT2D eigenvalue weighted by Gasteiger charge is 2.17. The smallest absolute Gasteiger partial charge is 0.188 e. The Morgan fingerprint density at radius 2 is 1.96 bits per heavy atom. The largest absolute Gasteiger partial charge is 0.393 e. The van der Waals surface area contributed by atoms with E-state index >= 15 is 0 Å². The molecular formula is C19H32N4O. The van der Waals surface area contributed by atoms with E-state index in [1.54, 1.807) is 0 Å². The Balaban J connectivity index is 1.88. The summed E-state index contributed by atoms with van der Waals surface area (Å²) in [6, 6.07) is 8.42.